The summed E-state index contributed by atoms with van der Waals surface area (Å²) in [5.41, 5.74) is 10.2. The third-order valence-corrected chi connectivity index (χ3v) is 15.1. The number of benzene rings is 5. The van der Waals surface area contributed by atoms with Crippen LogP contribution in [0.1, 0.15) is 65.5 Å². The SMILES string of the molecule is CCN1/C(=C/C=C2\CCC(/C=C/C3=[N+](CC)c4ccccc4C3(C)C)=C2Oc2ccc(-[s+]3c4ccc(Cl)cc4c4cc(Cl)ccc43)cc2)C(C)(C)c2ccccc21. The summed E-state index contributed by atoms with van der Waals surface area (Å²) in [4.78, 5) is 3.69. The molecule has 0 unspecified atom stereocenters. The van der Waals surface area contributed by atoms with Crippen molar-refractivity contribution < 1.29 is 9.31 Å². The number of hydrogen-bond acceptors (Lipinski definition) is 2. The van der Waals surface area contributed by atoms with E-state index in [1.165, 1.54) is 59.4 Å². The maximum absolute atomic E-state index is 7.02. The van der Waals surface area contributed by atoms with Crippen LogP contribution in [0.15, 0.2) is 156 Å². The van der Waals surface area contributed by atoms with Crippen LogP contribution in [0.5, 0.6) is 5.75 Å². The van der Waals surface area contributed by atoms with Crippen molar-refractivity contribution in [3.05, 3.63) is 177 Å². The zero-order chi connectivity index (χ0) is 39.6. The first kappa shape index (κ1) is 37.7. The van der Waals surface area contributed by atoms with E-state index in [1.54, 1.807) is 0 Å². The first-order chi connectivity index (χ1) is 27.5. The van der Waals surface area contributed by atoms with Gasteiger partial charge in [0.05, 0.1) is 5.41 Å². The standard InChI is InChI=1S/C51H48Cl2N2OS/c1-7-54-43-15-11-9-13-41(43)50(3,4)47(54)29-19-33-17-18-34(20-30-48-51(5,6)42-14-10-12-16-44(42)55(48)8-2)49(33)56-37-23-25-38(26-24-37)57-45-27-21-35(52)31-39(45)40-32-36(53)22-28-46(40)57/h9-16,19-32H,7-8,17-18H2,1-6H3/q+2. The van der Waals surface area contributed by atoms with Crippen LogP contribution in [-0.2, 0) is 10.8 Å². The molecule has 9 rings (SSSR count). The topological polar surface area (TPSA) is 15.5 Å². The van der Waals surface area contributed by atoms with Crippen LogP contribution in [0.2, 0.25) is 10.0 Å². The highest BCUT2D eigenvalue weighted by molar-refractivity contribution is 7.50. The van der Waals surface area contributed by atoms with Crippen molar-refractivity contribution >= 4 is 70.9 Å². The van der Waals surface area contributed by atoms with Gasteiger partial charge in [-0.3, -0.25) is 0 Å². The summed E-state index contributed by atoms with van der Waals surface area (Å²) in [5.74, 6) is 1.78. The normalized spacial score (nSPS) is 18.6. The Morgan fingerprint density at radius 3 is 2.04 bits per heavy atom. The number of rotatable bonds is 8. The molecule has 0 saturated heterocycles. The van der Waals surface area contributed by atoms with Crippen molar-refractivity contribution in [1.29, 1.82) is 0 Å². The predicted molar refractivity (Wildman–Crippen MR) is 245 cm³/mol. The fourth-order valence-electron chi connectivity index (χ4n) is 9.39. The third-order valence-electron chi connectivity index (χ3n) is 12.3. The van der Waals surface area contributed by atoms with E-state index in [-0.39, 0.29) is 21.3 Å². The van der Waals surface area contributed by atoms with Gasteiger partial charge in [0.1, 0.15) is 18.1 Å². The van der Waals surface area contributed by atoms with E-state index < -0.39 is 0 Å². The van der Waals surface area contributed by atoms with E-state index in [9.17, 15) is 0 Å². The Morgan fingerprint density at radius 2 is 1.37 bits per heavy atom. The minimum absolute atomic E-state index is 0.107. The molecule has 1 aliphatic carbocycles. The van der Waals surface area contributed by atoms with Crippen molar-refractivity contribution in [2.24, 2.45) is 0 Å². The van der Waals surface area contributed by atoms with Gasteiger partial charge in [0.25, 0.3) is 0 Å². The molecule has 0 bridgehead atoms. The first-order valence-corrected chi connectivity index (χ1v) is 22.1. The Hall–Kier alpha value is -4.87. The van der Waals surface area contributed by atoms with Crippen LogP contribution in [0.25, 0.3) is 25.1 Å². The number of anilines is 1. The van der Waals surface area contributed by atoms with Crippen molar-refractivity contribution in [3.8, 4) is 10.6 Å². The average molecular weight is 808 g/mol. The molecule has 3 aliphatic rings. The monoisotopic (exact) mass is 806 g/mol. The Morgan fingerprint density at radius 1 is 0.719 bits per heavy atom. The summed E-state index contributed by atoms with van der Waals surface area (Å²) in [6.45, 7) is 15.7. The second-order valence-corrected chi connectivity index (χ2v) is 19.1. The number of para-hydroxylation sites is 2. The van der Waals surface area contributed by atoms with Gasteiger partial charge in [-0.25, -0.2) is 0 Å². The smallest absolute Gasteiger partial charge is 0.209 e. The summed E-state index contributed by atoms with van der Waals surface area (Å²) in [7, 11) is -0.277. The molecule has 3 heterocycles. The van der Waals surface area contributed by atoms with Crippen molar-refractivity contribution in [3.63, 3.8) is 0 Å². The van der Waals surface area contributed by atoms with Crippen molar-refractivity contribution in [1.82, 2.24) is 0 Å². The van der Waals surface area contributed by atoms with Gasteiger partial charge in [-0.05, 0) is 112 Å². The van der Waals surface area contributed by atoms with Gasteiger partial charge >= 0.3 is 0 Å². The lowest BCUT2D eigenvalue weighted by molar-refractivity contribution is -0.433. The van der Waals surface area contributed by atoms with E-state index in [2.05, 4.69) is 172 Å². The Bertz CT molecular complexity index is 2700. The van der Waals surface area contributed by atoms with E-state index in [1.807, 2.05) is 12.1 Å². The molecule has 6 aromatic rings. The average Bonchev–Trinajstić information content (AvgIpc) is 3.87. The number of nitrogens with zero attached hydrogens (tertiary/aromatic N) is 2. The van der Waals surface area contributed by atoms with E-state index in [0.29, 0.717) is 0 Å². The Kier molecular flexibility index (Phi) is 9.59. The van der Waals surface area contributed by atoms with Gasteiger partial charge in [0.15, 0.2) is 20.0 Å². The second-order valence-electron chi connectivity index (χ2n) is 16.3. The molecule has 0 spiro atoms. The molecule has 2 aliphatic heterocycles. The highest BCUT2D eigenvalue weighted by atomic mass is 35.5. The molecular formula is C51H48Cl2N2OS+2. The van der Waals surface area contributed by atoms with Crippen LogP contribution < -0.4 is 9.64 Å². The van der Waals surface area contributed by atoms with Gasteiger partial charge in [-0.1, -0.05) is 79.5 Å². The summed E-state index contributed by atoms with van der Waals surface area (Å²) in [5, 5.41) is 3.77. The highest BCUT2D eigenvalue weighted by Gasteiger charge is 2.44. The summed E-state index contributed by atoms with van der Waals surface area (Å²) >= 11 is 13.0. The molecule has 0 amide bonds. The van der Waals surface area contributed by atoms with Gasteiger partial charge in [0, 0.05) is 96.6 Å². The minimum Gasteiger partial charge on any atom is -0.457 e. The predicted octanol–water partition coefficient (Wildman–Crippen LogP) is 14.7. The van der Waals surface area contributed by atoms with Crippen LogP contribution in [0, 0.1) is 0 Å². The molecule has 0 radical (unpaired) electrons. The zero-order valence-electron chi connectivity index (χ0n) is 33.5. The lowest BCUT2D eigenvalue weighted by Crippen LogP contribution is -2.27. The van der Waals surface area contributed by atoms with Gasteiger partial charge in [-0.2, -0.15) is 4.58 Å². The number of hydrogen-bond donors (Lipinski definition) is 0. The molecule has 6 heteroatoms. The van der Waals surface area contributed by atoms with Crippen LogP contribution in [0.4, 0.5) is 11.4 Å². The molecule has 286 valence electrons. The summed E-state index contributed by atoms with van der Waals surface area (Å²) in [6.07, 6.45) is 11.2. The fraction of sp³-hybridized carbons (Fsp3) is 0.235. The number of thiophene rings is 1. The third kappa shape index (κ3) is 6.29. The fourth-order valence-corrected chi connectivity index (χ4v) is 12.1. The van der Waals surface area contributed by atoms with Crippen LogP contribution in [-0.4, -0.2) is 23.4 Å². The molecule has 5 aromatic carbocycles. The maximum Gasteiger partial charge on any atom is 0.209 e. The molecule has 0 N–H and O–H groups in total. The molecule has 3 nitrogen and oxygen atoms in total. The van der Waals surface area contributed by atoms with E-state index >= 15 is 0 Å². The number of likely N-dealkylation sites (N-methyl/N-ethyl adjacent to an activating group) is 1. The van der Waals surface area contributed by atoms with Crippen molar-refractivity contribution in [2.75, 3.05) is 18.0 Å². The zero-order valence-corrected chi connectivity index (χ0v) is 35.8. The lowest BCUT2D eigenvalue weighted by Gasteiger charge is -2.26. The highest BCUT2D eigenvalue weighted by Crippen LogP contribution is 2.51. The maximum atomic E-state index is 7.02. The molecule has 57 heavy (non-hydrogen) atoms. The second kappa shape index (κ2) is 14.5. The van der Waals surface area contributed by atoms with Gasteiger partial charge < -0.3 is 9.64 Å². The van der Waals surface area contributed by atoms with Gasteiger partial charge in [0.2, 0.25) is 5.69 Å². The van der Waals surface area contributed by atoms with E-state index in [0.717, 1.165) is 58.3 Å². The Labute approximate surface area is 349 Å². The van der Waals surface area contributed by atoms with Crippen molar-refractivity contribution in [2.45, 2.75) is 65.2 Å². The van der Waals surface area contributed by atoms with E-state index in [4.69, 9.17) is 27.9 Å². The lowest BCUT2D eigenvalue weighted by atomic mass is 9.81. The first-order valence-electron chi connectivity index (χ1n) is 20.1. The Balaban J connectivity index is 1.12. The molecule has 0 saturated carbocycles. The summed E-state index contributed by atoms with van der Waals surface area (Å²) < 4.78 is 12.0. The number of allylic oxidation sites excluding steroid dienone is 7. The quantitative estimate of drug-likeness (QED) is 0.112. The largest absolute Gasteiger partial charge is 0.457 e. The molecule has 1 aromatic heterocycles. The number of halogens is 2. The number of fused-ring (bicyclic) bond motifs is 5. The summed E-state index contributed by atoms with van der Waals surface area (Å²) in [6, 6.07) is 38.8. The van der Waals surface area contributed by atoms with Crippen LogP contribution in [0.3, 0.4) is 0 Å². The number of ether oxygens (including phenoxy) is 1. The molecule has 0 atom stereocenters. The molecular weight excluding hydrogens is 760 g/mol. The molecule has 0 fully saturated rings. The van der Waals surface area contributed by atoms with Gasteiger partial charge in [-0.15, -0.1) is 0 Å². The minimum atomic E-state index is -0.277. The van der Waals surface area contributed by atoms with Crippen LogP contribution >= 0.6 is 33.7 Å².